The first-order valence-electron chi connectivity index (χ1n) is 5.73. The molecule has 6 nitrogen and oxygen atoms in total. The van der Waals surface area contributed by atoms with Crippen LogP contribution in [0.1, 0.15) is 18.9 Å². The molecule has 98 valence electrons. The van der Waals surface area contributed by atoms with Crippen LogP contribution in [0.3, 0.4) is 0 Å². The zero-order valence-corrected chi connectivity index (χ0v) is 10.1. The summed E-state index contributed by atoms with van der Waals surface area (Å²) in [5.74, 6) is -0.389. The van der Waals surface area contributed by atoms with Gasteiger partial charge >= 0.3 is 0 Å². The van der Waals surface area contributed by atoms with E-state index in [-0.39, 0.29) is 11.6 Å². The highest BCUT2D eigenvalue weighted by molar-refractivity contribution is 5.80. The van der Waals surface area contributed by atoms with Crippen LogP contribution < -0.4 is 5.32 Å². The molecular weight excluding hydrogens is 236 g/mol. The maximum Gasteiger partial charge on any atom is 0.269 e. The lowest BCUT2D eigenvalue weighted by molar-refractivity contribution is -0.384. The molecule has 1 atom stereocenters. The highest BCUT2D eigenvalue weighted by Gasteiger charge is 2.11. The van der Waals surface area contributed by atoms with Crippen LogP contribution in [0, 0.1) is 10.1 Å². The second-order valence-corrected chi connectivity index (χ2v) is 3.89. The number of carbonyl (C=O) groups is 1. The predicted molar refractivity (Wildman–Crippen MR) is 66.1 cm³/mol. The number of carbonyl (C=O) groups excluding carboxylic acids is 1. The number of nitro benzene ring substituents is 1. The molecule has 1 amide bonds. The topological polar surface area (TPSA) is 92.5 Å². The fourth-order valence-corrected chi connectivity index (χ4v) is 1.42. The Morgan fingerprint density at radius 3 is 2.56 bits per heavy atom. The number of rotatable bonds is 6. The van der Waals surface area contributed by atoms with Crippen molar-refractivity contribution in [1.82, 2.24) is 5.32 Å². The number of aliphatic hydroxyl groups excluding tert-OH is 1. The summed E-state index contributed by atoms with van der Waals surface area (Å²) in [6, 6.07) is 6.16. The van der Waals surface area contributed by atoms with Crippen LogP contribution in [0.15, 0.2) is 24.3 Å². The van der Waals surface area contributed by atoms with E-state index in [0.717, 1.165) is 5.56 Å². The molecule has 0 saturated heterocycles. The molecule has 2 N–H and O–H groups in total. The molecule has 1 rings (SSSR count). The Hall–Kier alpha value is -1.95. The van der Waals surface area contributed by atoms with Gasteiger partial charge in [-0.05, 0) is 18.4 Å². The minimum Gasteiger partial charge on any atom is -0.383 e. The Bertz CT molecular complexity index is 417. The summed E-state index contributed by atoms with van der Waals surface area (Å²) >= 11 is 0. The zero-order valence-electron chi connectivity index (χ0n) is 10.1. The lowest BCUT2D eigenvalue weighted by Crippen LogP contribution is -2.35. The molecule has 0 heterocycles. The molecule has 18 heavy (non-hydrogen) atoms. The summed E-state index contributed by atoms with van der Waals surface area (Å²) in [4.78, 5) is 21.2. The summed E-state index contributed by atoms with van der Waals surface area (Å²) < 4.78 is 0. The van der Waals surface area contributed by atoms with E-state index in [4.69, 9.17) is 0 Å². The van der Waals surface area contributed by atoms with Crippen molar-refractivity contribution < 1.29 is 14.8 Å². The molecule has 0 radical (unpaired) electrons. The minimum absolute atomic E-state index is 0.0455. The average molecular weight is 252 g/mol. The van der Waals surface area contributed by atoms with E-state index in [1.807, 2.05) is 0 Å². The molecule has 1 aromatic carbocycles. The van der Waals surface area contributed by atoms with Crippen molar-refractivity contribution in [3.05, 3.63) is 39.9 Å². The van der Waals surface area contributed by atoms with Crippen LogP contribution in [0.5, 0.6) is 0 Å². The van der Waals surface area contributed by atoms with E-state index in [9.17, 15) is 20.0 Å². The molecule has 0 aliphatic carbocycles. The number of hydrogen-bond acceptors (Lipinski definition) is 4. The quantitative estimate of drug-likeness (QED) is 0.584. The predicted octanol–water partition coefficient (Wildman–Crippen LogP) is 1.02. The molecule has 0 unspecified atom stereocenters. The van der Waals surface area contributed by atoms with Crippen LogP contribution in [0.4, 0.5) is 5.69 Å². The Kier molecular flexibility index (Phi) is 5.26. The third kappa shape index (κ3) is 4.14. The van der Waals surface area contributed by atoms with Crippen LogP contribution in [0.25, 0.3) is 0 Å². The minimum atomic E-state index is -0.970. The monoisotopic (exact) mass is 252 g/mol. The summed E-state index contributed by atoms with van der Waals surface area (Å²) in [5, 5.41) is 22.3. The van der Waals surface area contributed by atoms with E-state index >= 15 is 0 Å². The van der Waals surface area contributed by atoms with E-state index in [2.05, 4.69) is 5.32 Å². The number of nitro groups is 1. The van der Waals surface area contributed by atoms with E-state index in [0.29, 0.717) is 19.4 Å². The molecule has 0 aliphatic heterocycles. The Balaban J connectivity index is 2.40. The lowest BCUT2D eigenvalue weighted by atomic mass is 10.1. The first-order valence-corrected chi connectivity index (χ1v) is 5.73. The number of nitrogens with one attached hydrogen (secondary N) is 1. The Morgan fingerprint density at radius 2 is 2.06 bits per heavy atom. The Morgan fingerprint density at radius 1 is 1.44 bits per heavy atom. The second-order valence-electron chi connectivity index (χ2n) is 3.89. The number of amides is 1. The summed E-state index contributed by atoms with van der Waals surface area (Å²) in [6.45, 7) is 2.12. The van der Waals surface area contributed by atoms with Gasteiger partial charge < -0.3 is 10.4 Å². The summed E-state index contributed by atoms with van der Waals surface area (Å²) in [5.41, 5.74) is 0.941. The van der Waals surface area contributed by atoms with Gasteiger partial charge in [-0.15, -0.1) is 0 Å². The molecule has 0 aromatic heterocycles. The van der Waals surface area contributed by atoms with Crippen molar-refractivity contribution in [3.63, 3.8) is 0 Å². The van der Waals surface area contributed by atoms with Gasteiger partial charge in [0.15, 0.2) is 0 Å². The van der Waals surface area contributed by atoms with Gasteiger partial charge in [-0.1, -0.05) is 19.1 Å². The van der Waals surface area contributed by atoms with E-state index in [1.165, 1.54) is 12.1 Å². The van der Waals surface area contributed by atoms with Crippen LogP contribution in [0.2, 0.25) is 0 Å². The van der Waals surface area contributed by atoms with Crippen LogP contribution in [-0.4, -0.2) is 28.6 Å². The van der Waals surface area contributed by atoms with E-state index < -0.39 is 11.0 Å². The number of nitrogens with zero attached hydrogens (tertiary/aromatic N) is 1. The van der Waals surface area contributed by atoms with Crippen LogP contribution in [-0.2, 0) is 11.2 Å². The van der Waals surface area contributed by atoms with Gasteiger partial charge in [-0.3, -0.25) is 14.9 Å². The number of hydrogen-bond donors (Lipinski definition) is 2. The third-order valence-electron chi connectivity index (χ3n) is 2.55. The second kappa shape index (κ2) is 6.70. The van der Waals surface area contributed by atoms with Crippen molar-refractivity contribution in [2.75, 3.05) is 6.54 Å². The SMILES string of the molecule is CC[C@H](O)C(=O)NCCc1ccc([N+](=O)[O-])cc1. The van der Waals surface area contributed by atoms with Gasteiger partial charge in [0, 0.05) is 18.7 Å². The molecule has 0 aliphatic rings. The highest BCUT2D eigenvalue weighted by Crippen LogP contribution is 2.11. The molecule has 6 heteroatoms. The maximum atomic E-state index is 11.3. The van der Waals surface area contributed by atoms with Gasteiger partial charge in [-0.2, -0.15) is 0 Å². The number of non-ortho nitro benzene ring substituents is 1. The Labute approximate surface area is 105 Å². The largest absolute Gasteiger partial charge is 0.383 e. The lowest BCUT2D eigenvalue weighted by Gasteiger charge is -2.08. The number of benzene rings is 1. The van der Waals surface area contributed by atoms with Crippen molar-refractivity contribution >= 4 is 11.6 Å². The van der Waals surface area contributed by atoms with E-state index in [1.54, 1.807) is 19.1 Å². The van der Waals surface area contributed by atoms with Gasteiger partial charge in [0.25, 0.3) is 5.69 Å². The van der Waals surface area contributed by atoms with Gasteiger partial charge in [-0.25, -0.2) is 0 Å². The maximum absolute atomic E-state index is 11.3. The molecule has 0 spiro atoms. The standard InChI is InChI=1S/C12H16N2O4/c1-2-11(15)12(16)13-8-7-9-3-5-10(6-4-9)14(17)18/h3-6,11,15H,2,7-8H2,1H3,(H,13,16)/t11-/m0/s1. The molecule has 0 fully saturated rings. The van der Waals surface area contributed by atoms with Crippen molar-refractivity contribution in [2.24, 2.45) is 0 Å². The van der Waals surface area contributed by atoms with Gasteiger partial charge in [0.1, 0.15) is 6.10 Å². The smallest absolute Gasteiger partial charge is 0.269 e. The normalized spacial score (nSPS) is 11.9. The summed E-state index contributed by atoms with van der Waals surface area (Å²) in [7, 11) is 0. The first kappa shape index (κ1) is 14.1. The molecule has 1 aromatic rings. The fraction of sp³-hybridized carbons (Fsp3) is 0.417. The van der Waals surface area contributed by atoms with Crippen molar-refractivity contribution in [3.8, 4) is 0 Å². The zero-order chi connectivity index (χ0) is 13.5. The molecular formula is C12H16N2O4. The van der Waals surface area contributed by atoms with Gasteiger partial charge in [0.2, 0.25) is 5.91 Å². The summed E-state index contributed by atoms with van der Waals surface area (Å²) in [6.07, 6.45) is -0.0225. The van der Waals surface area contributed by atoms with Crippen LogP contribution >= 0.6 is 0 Å². The highest BCUT2D eigenvalue weighted by atomic mass is 16.6. The average Bonchev–Trinajstić information content (AvgIpc) is 2.38. The molecule has 0 bridgehead atoms. The van der Waals surface area contributed by atoms with Gasteiger partial charge in [0.05, 0.1) is 4.92 Å². The number of aliphatic hydroxyl groups is 1. The molecule has 0 saturated carbocycles. The fourth-order valence-electron chi connectivity index (χ4n) is 1.42. The third-order valence-corrected chi connectivity index (χ3v) is 2.55. The van der Waals surface area contributed by atoms with Crippen molar-refractivity contribution in [1.29, 1.82) is 0 Å². The first-order chi connectivity index (χ1) is 8.54. The van der Waals surface area contributed by atoms with Crippen molar-refractivity contribution in [2.45, 2.75) is 25.9 Å².